The number of carbonyl (C=O) groups is 2. The number of amides is 2. The van der Waals surface area contributed by atoms with E-state index in [0.29, 0.717) is 18.2 Å². The van der Waals surface area contributed by atoms with Crippen LogP contribution in [0.4, 0.5) is 35.1 Å². The highest BCUT2D eigenvalue weighted by atomic mass is 35.5. The molecule has 0 aromatic heterocycles. The maximum atomic E-state index is 13.7. The predicted octanol–water partition coefficient (Wildman–Crippen LogP) is 7.52. The minimum absolute atomic E-state index is 0.175. The van der Waals surface area contributed by atoms with Crippen LogP contribution in [0.1, 0.15) is 39.9 Å². The number of benzene rings is 2. The Morgan fingerprint density at radius 3 is 2.05 bits per heavy atom. The van der Waals surface area contributed by atoms with Crippen LogP contribution in [0.5, 0.6) is 0 Å². The molecular formula is C23H17Cl3F8N2O2. The Kier molecular flexibility index (Phi) is 10.4. The highest BCUT2D eigenvalue weighted by Crippen LogP contribution is 2.41. The highest BCUT2D eigenvalue weighted by molar-refractivity contribution is 6.48. The molecule has 2 unspecified atom stereocenters. The Balaban J connectivity index is 2.39. The Morgan fingerprint density at radius 2 is 1.55 bits per heavy atom. The zero-order valence-electron chi connectivity index (χ0n) is 19.0. The fraction of sp³-hybridized carbons (Fsp3) is 0.304. The smallest absolute Gasteiger partial charge is 0.349 e. The molecule has 0 fully saturated rings. The number of rotatable bonds is 8. The van der Waals surface area contributed by atoms with Gasteiger partial charge >= 0.3 is 12.4 Å². The SMILES string of the molecule is CC(NC(=O)c1ccc(/C=C/C(c2cc(Cl)c(Cl)c(Cl)c2)C(F)(F)F)cc1C(F)(F)F)C(=O)NCC(F)F. The molecule has 0 saturated heterocycles. The molecule has 2 amide bonds. The lowest BCUT2D eigenvalue weighted by Crippen LogP contribution is -2.46. The summed E-state index contributed by atoms with van der Waals surface area (Å²) in [6.07, 6.45) is -11.5. The number of hydrogen-bond donors (Lipinski definition) is 2. The van der Waals surface area contributed by atoms with Gasteiger partial charge in [0.25, 0.3) is 12.3 Å². The van der Waals surface area contributed by atoms with Crippen LogP contribution < -0.4 is 10.6 Å². The quantitative estimate of drug-likeness (QED) is 0.240. The van der Waals surface area contributed by atoms with Gasteiger partial charge in [-0.2, -0.15) is 26.3 Å². The highest BCUT2D eigenvalue weighted by Gasteiger charge is 2.40. The van der Waals surface area contributed by atoms with Gasteiger partial charge in [0.2, 0.25) is 5.91 Å². The molecule has 2 N–H and O–H groups in total. The normalized spacial score (nSPS) is 14.0. The van der Waals surface area contributed by atoms with Crippen molar-refractivity contribution >= 4 is 52.7 Å². The van der Waals surface area contributed by atoms with Crippen molar-refractivity contribution in [1.29, 1.82) is 0 Å². The maximum absolute atomic E-state index is 13.7. The van der Waals surface area contributed by atoms with Gasteiger partial charge in [-0.05, 0) is 42.3 Å². The maximum Gasteiger partial charge on any atom is 0.417 e. The summed E-state index contributed by atoms with van der Waals surface area (Å²) in [5.41, 5.74) is -3.19. The van der Waals surface area contributed by atoms with Crippen molar-refractivity contribution in [2.75, 3.05) is 6.54 Å². The van der Waals surface area contributed by atoms with Crippen LogP contribution in [-0.2, 0) is 11.0 Å². The summed E-state index contributed by atoms with van der Waals surface area (Å²) in [7, 11) is 0. The van der Waals surface area contributed by atoms with Crippen molar-refractivity contribution in [3.05, 3.63) is 73.7 Å². The third kappa shape index (κ3) is 8.47. The van der Waals surface area contributed by atoms with Crippen LogP contribution in [0.25, 0.3) is 6.08 Å². The van der Waals surface area contributed by atoms with Crippen molar-refractivity contribution in [3.8, 4) is 0 Å². The zero-order valence-corrected chi connectivity index (χ0v) is 21.2. The van der Waals surface area contributed by atoms with E-state index >= 15 is 0 Å². The van der Waals surface area contributed by atoms with Crippen LogP contribution >= 0.6 is 34.8 Å². The summed E-state index contributed by atoms with van der Waals surface area (Å²) >= 11 is 17.4. The Labute approximate surface area is 225 Å². The van der Waals surface area contributed by atoms with E-state index in [1.54, 1.807) is 5.32 Å². The minimum Gasteiger partial charge on any atom is -0.349 e. The lowest BCUT2D eigenvalue weighted by molar-refractivity contribution is -0.139. The van der Waals surface area contributed by atoms with Crippen LogP contribution in [0.3, 0.4) is 0 Å². The van der Waals surface area contributed by atoms with E-state index in [-0.39, 0.29) is 20.6 Å². The number of alkyl halides is 8. The van der Waals surface area contributed by atoms with E-state index < -0.39 is 65.8 Å². The lowest BCUT2D eigenvalue weighted by atomic mass is 9.96. The molecule has 0 aliphatic carbocycles. The van der Waals surface area contributed by atoms with Gasteiger partial charge in [0.1, 0.15) is 6.04 Å². The van der Waals surface area contributed by atoms with Crippen LogP contribution in [0, 0.1) is 0 Å². The van der Waals surface area contributed by atoms with Gasteiger partial charge in [-0.15, -0.1) is 0 Å². The number of nitrogens with one attached hydrogen (secondary N) is 2. The average molecular weight is 612 g/mol. The standard InChI is InChI=1S/C23H17Cl3F8N2O2/c1-10(20(37)35-9-18(27)28)36-21(38)13-4-2-11(6-15(13)23(32,33)34)3-5-14(22(29,30)31)12-7-16(24)19(26)17(25)8-12/h2-8,10,14,18H,9H2,1H3,(H,35,37)(H,36,38)/b5-3+. The average Bonchev–Trinajstić information content (AvgIpc) is 2.79. The van der Waals surface area contributed by atoms with Gasteiger partial charge in [-0.3, -0.25) is 9.59 Å². The van der Waals surface area contributed by atoms with Gasteiger partial charge in [0.05, 0.1) is 38.7 Å². The van der Waals surface area contributed by atoms with Gasteiger partial charge in [-0.1, -0.05) is 53.0 Å². The molecule has 2 aromatic carbocycles. The summed E-state index contributed by atoms with van der Waals surface area (Å²) in [4.78, 5) is 24.2. The van der Waals surface area contributed by atoms with Crippen LogP contribution in [0.2, 0.25) is 15.1 Å². The van der Waals surface area contributed by atoms with Crippen molar-refractivity contribution in [1.82, 2.24) is 10.6 Å². The first-order valence-corrected chi connectivity index (χ1v) is 11.5. The second kappa shape index (κ2) is 12.5. The molecule has 38 heavy (non-hydrogen) atoms. The second-order valence-electron chi connectivity index (χ2n) is 7.81. The minimum atomic E-state index is -5.11. The zero-order chi connectivity index (χ0) is 29.0. The predicted molar refractivity (Wildman–Crippen MR) is 127 cm³/mol. The monoisotopic (exact) mass is 610 g/mol. The van der Waals surface area contributed by atoms with Crippen LogP contribution in [0.15, 0.2) is 36.4 Å². The largest absolute Gasteiger partial charge is 0.417 e. The van der Waals surface area contributed by atoms with Crippen molar-refractivity contribution in [2.45, 2.75) is 37.7 Å². The summed E-state index contributed by atoms with van der Waals surface area (Å²) < 4.78 is 107. The molecule has 0 aliphatic heterocycles. The van der Waals surface area contributed by atoms with E-state index in [4.69, 9.17) is 34.8 Å². The third-order valence-corrected chi connectivity index (χ3v) is 6.16. The number of carbonyl (C=O) groups excluding carboxylic acids is 2. The third-order valence-electron chi connectivity index (χ3n) is 4.96. The molecular weight excluding hydrogens is 595 g/mol. The van der Waals surface area contributed by atoms with Gasteiger partial charge in [0, 0.05) is 0 Å². The first-order valence-electron chi connectivity index (χ1n) is 10.4. The summed E-state index contributed by atoms with van der Waals surface area (Å²) in [6, 6.07) is 2.49. The first-order chi connectivity index (χ1) is 17.4. The van der Waals surface area contributed by atoms with Crippen molar-refractivity contribution in [3.63, 3.8) is 0 Å². The molecule has 0 spiro atoms. The lowest BCUT2D eigenvalue weighted by Gasteiger charge is -2.19. The van der Waals surface area contributed by atoms with Crippen molar-refractivity contribution in [2.24, 2.45) is 0 Å². The molecule has 0 heterocycles. The Bertz CT molecular complexity index is 1190. The Hall–Kier alpha value is -2.57. The number of allylic oxidation sites excluding steroid dienone is 1. The molecule has 0 bridgehead atoms. The van der Waals surface area contributed by atoms with Gasteiger partial charge < -0.3 is 10.6 Å². The first kappa shape index (κ1) is 31.6. The topological polar surface area (TPSA) is 58.2 Å². The summed E-state index contributed by atoms with van der Waals surface area (Å²) in [5, 5.41) is 3.07. The fourth-order valence-electron chi connectivity index (χ4n) is 3.14. The molecule has 0 radical (unpaired) electrons. The summed E-state index contributed by atoms with van der Waals surface area (Å²) in [6.45, 7) is 0.0385. The van der Waals surface area contributed by atoms with E-state index in [9.17, 15) is 44.7 Å². The summed E-state index contributed by atoms with van der Waals surface area (Å²) in [5.74, 6) is -4.74. The van der Waals surface area contributed by atoms with Crippen molar-refractivity contribution < 1.29 is 44.7 Å². The van der Waals surface area contributed by atoms with E-state index in [1.807, 2.05) is 5.32 Å². The fourth-order valence-corrected chi connectivity index (χ4v) is 3.75. The van der Waals surface area contributed by atoms with E-state index in [1.165, 1.54) is 0 Å². The molecule has 0 aliphatic rings. The molecule has 2 aromatic rings. The second-order valence-corrected chi connectivity index (χ2v) is 9.00. The van der Waals surface area contributed by atoms with Gasteiger partial charge in [0.15, 0.2) is 0 Å². The molecule has 2 rings (SSSR count). The van der Waals surface area contributed by atoms with E-state index in [2.05, 4.69) is 0 Å². The van der Waals surface area contributed by atoms with Crippen LogP contribution in [-0.4, -0.2) is 37.0 Å². The molecule has 0 saturated carbocycles. The molecule has 2 atom stereocenters. The van der Waals surface area contributed by atoms with E-state index in [0.717, 1.165) is 31.2 Å². The van der Waals surface area contributed by atoms with Gasteiger partial charge in [-0.25, -0.2) is 8.78 Å². The molecule has 208 valence electrons. The Morgan fingerprint density at radius 1 is 0.974 bits per heavy atom. The molecule has 4 nitrogen and oxygen atoms in total. The number of halogens is 11. The molecule has 15 heteroatoms. The number of hydrogen-bond acceptors (Lipinski definition) is 2.